The van der Waals surface area contributed by atoms with Crippen LogP contribution in [0.3, 0.4) is 0 Å². The second kappa shape index (κ2) is 4.07. The van der Waals surface area contributed by atoms with Crippen LogP contribution < -0.4 is 11.5 Å². The molecule has 2 rings (SSSR count). The third-order valence-corrected chi connectivity index (χ3v) is 1.93. The fraction of sp³-hybridized carbons (Fsp3) is 0.111. The molecule has 0 aliphatic rings. The van der Waals surface area contributed by atoms with Gasteiger partial charge in [0, 0.05) is 12.7 Å². The highest BCUT2D eigenvalue weighted by molar-refractivity contribution is 5.88. The number of aromatic nitrogens is 3. The maximum Gasteiger partial charge on any atom is 0.290 e. The molecule has 0 bridgehead atoms. The molecular weight excluding hydrogens is 210 g/mol. The van der Waals surface area contributed by atoms with E-state index in [0.717, 1.165) is 5.56 Å². The van der Waals surface area contributed by atoms with Crippen LogP contribution in [0, 0.1) is 0 Å². The Kier molecular flexibility index (Phi) is 2.61. The lowest BCUT2D eigenvalue weighted by Crippen LogP contribution is -2.12. The number of hydrogen-bond acceptors (Lipinski definition) is 6. The fourth-order valence-electron chi connectivity index (χ4n) is 1.10. The normalized spacial score (nSPS) is 10.3. The standard InChI is InChI=1S/C9H9N5O2/c10-3-5-1-2-6(12-4-5)9-13-8(7(11)15)14-16-9/h1-2,4H,3,10H2,(H2,11,15). The summed E-state index contributed by atoms with van der Waals surface area (Å²) in [4.78, 5) is 18.6. The van der Waals surface area contributed by atoms with Crippen LogP contribution in [-0.4, -0.2) is 21.0 Å². The van der Waals surface area contributed by atoms with E-state index in [4.69, 9.17) is 16.0 Å². The summed E-state index contributed by atoms with van der Waals surface area (Å²) in [5.41, 5.74) is 11.8. The average molecular weight is 219 g/mol. The summed E-state index contributed by atoms with van der Waals surface area (Å²) in [6.45, 7) is 0.406. The molecule has 0 atom stereocenters. The molecule has 4 N–H and O–H groups in total. The molecule has 0 aliphatic carbocycles. The Labute approximate surface area is 90.5 Å². The Morgan fingerprint density at radius 1 is 1.44 bits per heavy atom. The van der Waals surface area contributed by atoms with E-state index in [1.54, 1.807) is 18.3 Å². The van der Waals surface area contributed by atoms with Gasteiger partial charge in [-0.1, -0.05) is 11.2 Å². The molecule has 2 heterocycles. The van der Waals surface area contributed by atoms with Crippen molar-refractivity contribution < 1.29 is 9.32 Å². The maximum absolute atomic E-state index is 10.7. The molecule has 0 radical (unpaired) electrons. The van der Waals surface area contributed by atoms with Crippen LogP contribution in [0.1, 0.15) is 16.2 Å². The van der Waals surface area contributed by atoms with E-state index < -0.39 is 5.91 Å². The SMILES string of the molecule is NCc1ccc(-c2nc(C(N)=O)no2)nc1. The molecule has 0 aliphatic heterocycles. The summed E-state index contributed by atoms with van der Waals surface area (Å²) < 4.78 is 4.83. The molecule has 0 saturated heterocycles. The first kappa shape index (κ1) is 10.2. The lowest BCUT2D eigenvalue weighted by atomic mass is 10.2. The third-order valence-electron chi connectivity index (χ3n) is 1.93. The second-order valence-corrected chi connectivity index (χ2v) is 3.04. The Bertz CT molecular complexity index is 505. The topological polar surface area (TPSA) is 121 Å². The molecule has 0 unspecified atom stereocenters. The van der Waals surface area contributed by atoms with Crippen molar-refractivity contribution >= 4 is 5.91 Å². The number of amides is 1. The predicted molar refractivity (Wildman–Crippen MR) is 53.9 cm³/mol. The van der Waals surface area contributed by atoms with E-state index in [9.17, 15) is 4.79 Å². The number of nitrogens with zero attached hydrogens (tertiary/aromatic N) is 3. The average Bonchev–Trinajstić information content (AvgIpc) is 2.78. The molecule has 2 aromatic heterocycles. The van der Waals surface area contributed by atoms with Crippen molar-refractivity contribution in [1.82, 2.24) is 15.1 Å². The summed E-state index contributed by atoms with van der Waals surface area (Å²) in [7, 11) is 0. The van der Waals surface area contributed by atoms with Gasteiger partial charge in [0.2, 0.25) is 0 Å². The molecule has 0 saturated carbocycles. The molecule has 7 heteroatoms. The van der Waals surface area contributed by atoms with Crippen molar-refractivity contribution in [2.24, 2.45) is 11.5 Å². The van der Waals surface area contributed by atoms with Gasteiger partial charge in [0.05, 0.1) is 0 Å². The highest BCUT2D eigenvalue weighted by Gasteiger charge is 2.13. The number of carbonyl (C=O) groups excluding carboxylic acids is 1. The number of rotatable bonds is 3. The number of nitrogens with two attached hydrogens (primary N) is 2. The zero-order valence-electron chi connectivity index (χ0n) is 8.25. The Balaban J connectivity index is 2.31. The van der Waals surface area contributed by atoms with E-state index in [1.165, 1.54) is 0 Å². The number of primary amides is 1. The van der Waals surface area contributed by atoms with Gasteiger partial charge in [-0.05, 0) is 11.6 Å². The van der Waals surface area contributed by atoms with Crippen LogP contribution in [0.2, 0.25) is 0 Å². The summed E-state index contributed by atoms with van der Waals surface area (Å²) in [5, 5.41) is 3.41. The Morgan fingerprint density at radius 3 is 2.75 bits per heavy atom. The van der Waals surface area contributed by atoms with E-state index in [0.29, 0.717) is 12.2 Å². The molecule has 0 spiro atoms. The van der Waals surface area contributed by atoms with Crippen LogP contribution in [0.4, 0.5) is 0 Å². The van der Waals surface area contributed by atoms with Crippen LogP contribution >= 0.6 is 0 Å². The van der Waals surface area contributed by atoms with Crippen molar-refractivity contribution in [3.05, 3.63) is 29.7 Å². The first-order chi connectivity index (χ1) is 7.70. The summed E-state index contributed by atoms with van der Waals surface area (Å²) in [6.07, 6.45) is 1.60. The van der Waals surface area contributed by atoms with Crippen molar-refractivity contribution in [2.45, 2.75) is 6.54 Å². The second-order valence-electron chi connectivity index (χ2n) is 3.04. The third kappa shape index (κ3) is 1.89. The van der Waals surface area contributed by atoms with Crippen LogP contribution in [0.5, 0.6) is 0 Å². The number of carbonyl (C=O) groups is 1. The minimum absolute atomic E-state index is 0.150. The lowest BCUT2D eigenvalue weighted by Gasteiger charge is -1.95. The molecule has 0 aromatic carbocycles. The fourth-order valence-corrected chi connectivity index (χ4v) is 1.10. The van der Waals surface area contributed by atoms with Crippen molar-refractivity contribution in [3.8, 4) is 11.6 Å². The minimum atomic E-state index is -0.742. The smallest absolute Gasteiger partial charge is 0.290 e. The lowest BCUT2D eigenvalue weighted by molar-refractivity contribution is 0.0987. The summed E-state index contributed by atoms with van der Waals surface area (Å²) in [5.74, 6) is -0.759. The van der Waals surface area contributed by atoms with Crippen LogP contribution in [-0.2, 0) is 6.54 Å². The van der Waals surface area contributed by atoms with Gasteiger partial charge < -0.3 is 16.0 Å². The van der Waals surface area contributed by atoms with Crippen molar-refractivity contribution in [2.75, 3.05) is 0 Å². The quantitative estimate of drug-likeness (QED) is 0.730. The predicted octanol–water partition coefficient (Wildman–Crippen LogP) is -0.311. The molecule has 7 nitrogen and oxygen atoms in total. The van der Waals surface area contributed by atoms with E-state index in [-0.39, 0.29) is 11.7 Å². The van der Waals surface area contributed by atoms with Gasteiger partial charge in [-0.25, -0.2) is 0 Å². The van der Waals surface area contributed by atoms with Gasteiger partial charge in [0.1, 0.15) is 5.69 Å². The highest BCUT2D eigenvalue weighted by atomic mass is 16.5. The summed E-state index contributed by atoms with van der Waals surface area (Å²) >= 11 is 0. The molecule has 2 aromatic rings. The molecule has 82 valence electrons. The van der Waals surface area contributed by atoms with E-state index in [2.05, 4.69) is 15.1 Å². The van der Waals surface area contributed by atoms with Gasteiger partial charge >= 0.3 is 0 Å². The monoisotopic (exact) mass is 219 g/mol. The van der Waals surface area contributed by atoms with Crippen molar-refractivity contribution in [1.29, 1.82) is 0 Å². The van der Waals surface area contributed by atoms with Crippen LogP contribution in [0.15, 0.2) is 22.9 Å². The Morgan fingerprint density at radius 2 is 2.25 bits per heavy atom. The zero-order chi connectivity index (χ0) is 11.5. The molecule has 1 amide bonds. The van der Waals surface area contributed by atoms with Crippen molar-refractivity contribution in [3.63, 3.8) is 0 Å². The molecule has 16 heavy (non-hydrogen) atoms. The highest BCUT2D eigenvalue weighted by Crippen LogP contribution is 2.14. The zero-order valence-corrected chi connectivity index (χ0v) is 8.25. The van der Waals surface area contributed by atoms with E-state index >= 15 is 0 Å². The number of hydrogen-bond donors (Lipinski definition) is 2. The van der Waals surface area contributed by atoms with Gasteiger partial charge in [-0.3, -0.25) is 9.78 Å². The largest absolute Gasteiger partial charge is 0.363 e. The maximum atomic E-state index is 10.7. The first-order valence-electron chi connectivity index (χ1n) is 4.49. The van der Waals surface area contributed by atoms with Gasteiger partial charge in [-0.15, -0.1) is 0 Å². The van der Waals surface area contributed by atoms with Gasteiger partial charge in [0.25, 0.3) is 17.6 Å². The molecular formula is C9H9N5O2. The Hall–Kier alpha value is -2.28. The molecule has 0 fully saturated rings. The minimum Gasteiger partial charge on any atom is -0.363 e. The van der Waals surface area contributed by atoms with Gasteiger partial charge in [0.15, 0.2) is 0 Å². The number of pyridine rings is 1. The van der Waals surface area contributed by atoms with Gasteiger partial charge in [-0.2, -0.15) is 4.98 Å². The first-order valence-corrected chi connectivity index (χ1v) is 4.49. The summed E-state index contributed by atoms with van der Waals surface area (Å²) in [6, 6.07) is 3.47. The van der Waals surface area contributed by atoms with Crippen LogP contribution in [0.25, 0.3) is 11.6 Å². The van der Waals surface area contributed by atoms with E-state index in [1.807, 2.05) is 0 Å².